The molecule has 1 atom stereocenters. The fourth-order valence-corrected chi connectivity index (χ4v) is 3.03. The minimum absolute atomic E-state index is 0.196. The summed E-state index contributed by atoms with van der Waals surface area (Å²) in [5, 5.41) is 5.48. The van der Waals surface area contributed by atoms with E-state index in [0.717, 1.165) is 5.69 Å². The summed E-state index contributed by atoms with van der Waals surface area (Å²) in [4.78, 5) is 4.42. The van der Waals surface area contributed by atoms with Gasteiger partial charge in [-0.2, -0.15) is 0 Å². The molecule has 2 nitrogen and oxygen atoms in total. The van der Waals surface area contributed by atoms with E-state index in [9.17, 15) is 0 Å². The van der Waals surface area contributed by atoms with Gasteiger partial charge in [-0.3, -0.25) is 0 Å². The van der Waals surface area contributed by atoms with E-state index in [1.54, 1.807) is 11.3 Å². The van der Waals surface area contributed by atoms with E-state index in [0.29, 0.717) is 0 Å². The van der Waals surface area contributed by atoms with Crippen LogP contribution in [0.2, 0.25) is 0 Å². The van der Waals surface area contributed by atoms with Crippen LogP contribution in [0.15, 0.2) is 23.0 Å². The number of hydrogen-bond acceptors (Lipinski definition) is 3. The zero-order valence-corrected chi connectivity index (χ0v) is 11.6. The fourth-order valence-electron chi connectivity index (χ4n) is 2.45. The van der Waals surface area contributed by atoms with Crippen LogP contribution in [0.25, 0.3) is 0 Å². The molecule has 2 rings (SSSR count). The van der Waals surface area contributed by atoms with Crippen LogP contribution in [0.5, 0.6) is 0 Å². The Morgan fingerprint density at radius 2 is 1.82 bits per heavy atom. The molecule has 0 saturated heterocycles. The first-order chi connectivity index (χ1) is 8.13. The van der Waals surface area contributed by atoms with Crippen molar-refractivity contribution in [1.82, 2.24) is 10.3 Å². The summed E-state index contributed by atoms with van der Waals surface area (Å²) < 4.78 is 0. The predicted octanol–water partition coefficient (Wildman–Crippen LogP) is 3.38. The predicted molar refractivity (Wildman–Crippen MR) is 73.7 cm³/mol. The van der Waals surface area contributed by atoms with E-state index < -0.39 is 0 Å². The Bertz CT molecular complexity index is 480. The lowest BCUT2D eigenvalue weighted by atomic mass is 9.93. The van der Waals surface area contributed by atoms with E-state index in [2.05, 4.69) is 48.6 Å². The molecule has 0 radical (unpaired) electrons. The number of hydrogen-bond donors (Lipinski definition) is 1. The second-order valence-corrected chi connectivity index (χ2v) is 5.17. The SMILES string of the molecule is CNC(c1cscn1)c1c(C)cc(C)cc1C. The Morgan fingerprint density at radius 3 is 2.29 bits per heavy atom. The maximum absolute atomic E-state index is 4.42. The summed E-state index contributed by atoms with van der Waals surface area (Å²) in [6.07, 6.45) is 0. The van der Waals surface area contributed by atoms with Gasteiger partial charge >= 0.3 is 0 Å². The molecular weight excluding hydrogens is 228 g/mol. The molecule has 1 N–H and O–H groups in total. The Kier molecular flexibility index (Phi) is 3.60. The Morgan fingerprint density at radius 1 is 1.18 bits per heavy atom. The van der Waals surface area contributed by atoms with Crippen molar-refractivity contribution in [3.8, 4) is 0 Å². The van der Waals surface area contributed by atoms with Crippen LogP contribution in [0.1, 0.15) is 34.0 Å². The van der Waals surface area contributed by atoms with Crippen LogP contribution in [0.3, 0.4) is 0 Å². The van der Waals surface area contributed by atoms with Crippen LogP contribution in [-0.4, -0.2) is 12.0 Å². The van der Waals surface area contributed by atoms with Crippen molar-refractivity contribution in [2.75, 3.05) is 7.05 Å². The second kappa shape index (κ2) is 4.98. The number of nitrogens with zero attached hydrogens (tertiary/aromatic N) is 1. The largest absolute Gasteiger partial charge is 0.308 e. The average molecular weight is 246 g/mol. The molecule has 2 aromatic rings. The van der Waals surface area contributed by atoms with Gasteiger partial charge in [-0.15, -0.1) is 11.3 Å². The molecule has 0 saturated carbocycles. The number of aryl methyl sites for hydroxylation is 3. The zero-order chi connectivity index (χ0) is 12.4. The monoisotopic (exact) mass is 246 g/mol. The van der Waals surface area contributed by atoms with E-state index in [1.165, 1.54) is 22.3 Å². The van der Waals surface area contributed by atoms with Gasteiger partial charge in [-0.05, 0) is 44.5 Å². The van der Waals surface area contributed by atoms with Crippen molar-refractivity contribution >= 4 is 11.3 Å². The van der Waals surface area contributed by atoms with Gasteiger partial charge in [-0.1, -0.05) is 17.7 Å². The van der Waals surface area contributed by atoms with Crippen molar-refractivity contribution in [2.45, 2.75) is 26.8 Å². The maximum atomic E-state index is 4.42. The zero-order valence-electron chi connectivity index (χ0n) is 10.7. The Balaban J connectivity index is 2.52. The highest BCUT2D eigenvalue weighted by molar-refractivity contribution is 7.07. The molecule has 17 heavy (non-hydrogen) atoms. The molecule has 3 heteroatoms. The van der Waals surface area contributed by atoms with Crippen molar-refractivity contribution in [1.29, 1.82) is 0 Å². The number of rotatable bonds is 3. The van der Waals surface area contributed by atoms with Crippen molar-refractivity contribution < 1.29 is 0 Å². The lowest BCUT2D eigenvalue weighted by Crippen LogP contribution is -2.20. The summed E-state index contributed by atoms with van der Waals surface area (Å²) in [5.41, 5.74) is 8.32. The molecular formula is C14H18N2S. The van der Waals surface area contributed by atoms with Gasteiger partial charge in [0, 0.05) is 5.38 Å². The molecule has 0 aliphatic heterocycles. The van der Waals surface area contributed by atoms with Crippen LogP contribution in [0, 0.1) is 20.8 Å². The van der Waals surface area contributed by atoms with Crippen LogP contribution in [0.4, 0.5) is 0 Å². The quantitative estimate of drug-likeness (QED) is 0.898. The van der Waals surface area contributed by atoms with Gasteiger partial charge in [0.1, 0.15) is 0 Å². The third-order valence-electron chi connectivity index (χ3n) is 3.06. The number of benzene rings is 1. The van der Waals surface area contributed by atoms with Gasteiger partial charge in [0.15, 0.2) is 0 Å². The summed E-state index contributed by atoms with van der Waals surface area (Å²) in [5.74, 6) is 0. The third-order valence-corrected chi connectivity index (χ3v) is 3.67. The first-order valence-electron chi connectivity index (χ1n) is 5.76. The highest BCUT2D eigenvalue weighted by Crippen LogP contribution is 2.28. The van der Waals surface area contributed by atoms with Gasteiger partial charge in [-0.25, -0.2) is 4.98 Å². The highest BCUT2D eigenvalue weighted by atomic mass is 32.1. The topological polar surface area (TPSA) is 24.9 Å². The van der Waals surface area contributed by atoms with Crippen LogP contribution < -0.4 is 5.32 Å². The molecule has 1 unspecified atom stereocenters. The van der Waals surface area contributed by atoms with E-state index in [4.69, 9.17) is 0 Å². The summed E-state index contributed by atoms with van der Waals surface area (Å²) in [6, 6.07) is 4.67. The van der Waals surface area contributed by atoms with Gasteiger partial charge in [0.2, 0.25) is 0 Å². The Hall–Kier alpha value is -1.19. The standard InChI is InChI=1S/C14H18N2S/c1-9-5-10(2)13(11(3)6-9)14(15-4)12-7-17-8-16-12/h5-8,14-15H,1-4H3. The Labute approximate surface area is 107 Å². The first kappa shape index (κ1) is 12.3. The van der Waals surface area contributed by atoms with E-state index in [1.807, 2.05) is 12.6 Å². The number of aromatic nitrogens is 1. The maximum Gasteiger partial charge on any atom is 0.0795 e. The van der Waals surface area contributed by atoms with Crippen molar-refractivity contribution in [3.05, 3.63) is 51.0 Å². The molecule has 90 valence electrons. The van der Waals surface area contributed by atoms with Gasteiger partial charge in [0.25, 0.3) is 0 Å². The second-order valence-electron chi connectivity index (χ2n) is 4.45. The number of nitrogens with one attached hydrogen (secondary N) is 1. The molecule has 0 spiro atoms. The molecule has 0 bridgehead atoms. The lowest BCUT2D eigenvalue weighted by Gasteiger charge is -2.20. The average Bonchev–Trinajstić information content (AvgIpc) is 2.76. The molecule has 0 aliphatic rings. The smallest absolute Gasteiger partial charge is 0.0795 e. The molecule has 1 heterocycles. The highest BCUT2D eigenvalue weighted by Gasteiger charge is 2.18. The van der Waals surface area contributed by atoms with Gasteiger partial charge < -0.3 is 5.32 Å². The summed E-state index contributed by atoms with van der Waals surface area (Å²) in [6.45, 7) is 6.49. The fraction of sp³-hybridized carbons (Fsp3) is 0.357. The molecule has 1 aromatic carbocycles. The molecule has 0 fully saturated rings. The molecule has 0 amide bonds. The summed E-state index contributed by atoms with van der Waals surface area (Å²) in [7, 11) is 1.99. The van der Waals surface area contributed by atoms with Crippen LogP contribution >= 0.6 is 11.3 Å². The van der Waals surface area contributed by atoms with Crippen LogP contribution in [-0.2, 0) is 0 Å². The minimum atomic E-state index is 0.196. The number of thiazole rings is 1. The normalized spacial score (nSPS) is 12.7. The van der Waals surface area contributed by atoms with E-state index in [-0.39, 0.29) is 6.04 Å². The minimum Gasteiger partial charge on any atom is -0.308 e. The third kappa shape index (κ3) is 2.40. The van der Waals surface area contributed by atoms with Gasteiger partial charge in [0.05, 0.1) is 17.2 Å². The summed E-state index contributed by atoms with van der Waals surface area (Å²) >= 11 is 1.64. The van der Waals surface area contributed by atoms with Crippen molar-refractivity contribution in [2.24, 2.45) is 0 Å². The lowest BCUT2D eigenvalue weighted by molar-refractivity contribution is 0.667. The molecule has 1 aromatic heterocycles. The first-order valence-corrected chi connectivity index (χ1v) is 6.71. The van der Waals surface area contributed by atoms with Crippen molar-refractivity contribution in [3.63, 3.8) is 0 Å². The molecule has 0 aliphatic carbocycles. The van der Waals surface area contributed by atoms with E-state index >= 15 is 0 Å².